The molecule has 1 aromatic heterocycles. The molecular weight excluding hydrogens is 300 g/mol. The molecule has 0 amide bonds. The van der Waals surface area contributed by atoms with Gasteiger partial charge in [-0.2, -0.15) is 0 Å². The lowest BCUT2D eigenvalue weighted by Gasteiger charge is -2.12. The molecule has 0 aliphatic heterocycles. The largest absolute Gasteiger partial charge is 0.492 e. The Hall–Kier alpha value is -2.04. The molecule has 0 aliphatic rings. The van der Waals surface area contributed by atoms with Crippen LogP contribution in [0.15, 0.2) is 48.5 Å². The summed E-state index contributed by atoms with van der Waals surface area (Å²) in [5, 5.41) is 10.6. The van der Waals surface area contributed by atoms with Gasteiger partial charge in [0.05, 0.1) is 17.6 Å². The van der Waals surface area contributed by atoms with Crippen molar-refractivity contribution >= 4 is 22.6 Å². The average molecular weight is 317 g/mol. The van der Waals surface area contributed by atoms with E-state index in [-0.39, 0.29) is 0 Å². The van der Waals surface area contributed by atoms with Crippen LogP contribution in [0.25, 0.3) is 11.0 Å². The number of aliphatic hydroxyl groups excluding tert-OH is 1. The van der Waals surface area contributed by atoms with Crippen LogP contribution in [0.4, 0.5) is 0 Å². The summed E-state index contributed by atoms with van der Waals surface area (Å²) in [5.74, 6) is 1.42. The van der Waals surface area contributed by atoms with Crippen LogP contribution in [0.5, 0.6) is 5.75 Å². The van der Waals surface area contributed by atoms with Crippen LogP contribution in [0.2, 0.25) is 5.02 Å². The van der Waals surface area contributed by atoms with E-state index in [1.54, 1.807) is 19.1 Å². The maximum atomic E-state index is 9.91. The standard InChI is InChI=1S/C17H17ClN2O2/c1-12(21)17-19-15-4-2-3-5-16(15)20(17)10-11-22-14-8-6-13(18)7-9-14/h2-9,12,21H,10-11H2,1H3/t12-/m1/s1. The zero-order valence-electron chi connectivity index (χ0n) is 12.2. The molecule has 0 aliphatic carbocycles. The second kappa shape index (κ2) is 6.38. The van der Waals surface area contributed by atoms with Crippen molar-refractivity contribution in [3.63, 3.8) is 0 Å². The molecule has 0 saturated heterocycles. The van der Waals surface area contributed by atoms with Crippen LogP contribution in [0.1, 0.15) is 18.9 Å². The van der Waals surface area contributed by atoms with E-state index in [0.717, 1.165) is 16.8 Å². The van der Waals surface area contributed by atoms with Gasteiger partial charge in [-0.3, -0.25) is 0 Å². The Balaban J connectivity index is 1.78. The fraction of sp³-hybridized carbons (Fsp3) is 0.235. The highest BCUT2D eigenvalue weighted by Crippen LogP contribution is 2.21. The Kier molecular flexibility index (Phi) is 4.32. The highest BCUT2D eigenvalue weighted by atomic mass is 35.5. The van der Waals surface area contributed by atoms with E-state index in [4.69, 9.17) is 16.3 Å². The van der Waals surface area contributed by atoms with Gasteiger partial charge in [0.1, 0.15) is 24.3 Å². The van der Waals surface area contributed by atoms with Crippen molar-refractivity contribution in [1.82, 2.24) is 9.55 Å². The lowest BCUT2D eigenvalue weighted by Crippen LogP contribution is -2.12. The van der Waals surface area contributed by atoms with Gasteiger partial charge in [-0.15, -0.1) is 0 Å². The number of fused-ring (bicyclic) bond motifs is 1. The van der Waals surface area contributed by atoms with Crippen molar-refractivity contribution in [3.8, 4) is 5.75 Å². The highest BCUT2D eigenvalue weighted by Gasteiger charge is 2.14. The lowest BCUT2D eigenvalue weighted by molar-refractivity contribution is 0.181. The van der Waals surface area contributed by atoms with E-state index in [0.29, 0.717) is 24.0 Å². The van der Waals surface area contributed by atoms with Crippen LogP contribution >= 0.6 is 11.6 Å². The molecule has 5 heteroatoms. The number of para-hydroxylation sites is 2. The van der Waals surface area contributed by atoms with E-state index >= 15 is 0 Å². The summed E-state index contributed by atoms with van der Waals surface area (Å²) in [5.41, 5.74) is 1.88. The molecule has 1 N–H and O–H groups in total. The number of hydrogen-bond donors (Lipinski definition) is 1. The Morgan fingerprint density at radius 3 is 2.64 bits per heavy atom. The number of ether oxygens (including phenoxy) is 1. The number of rotatable bonds is 5. The third-order valence-electron chi connectivity index (χ3n) is 3.46. The smallest absolute Gasteiger partial charge is 0.138 e. The summed E-state index contributed by atoms with van der Waals surface area (Å²) in [6, 6.07) is 15.1. The minimum Gasteiger partial charge on any atom is -0.492 e. The Morgan fingerprint density at radius 1 is 1.18 bits per heavy atom. The zero-order valence-corrected chi connectivity index (χ0v) is 13.0. The fourth-order valence-corrected chi connectivity index (χ4v) is 2.56. The first kappa shape index (κ1) is 14.9. The zero-order chi connectivity index (χ0) is 15.5. The first-order valence-corrected chi connectivity index (χ1v) is 7.54. The molecule has 0 fully saturated rings. The van der Waals surface area contributed by atoms with Crippen LogP contribution in [0, 0.1) is 0 Å². The lowest BCUT2D eigenvalue weighted by atomic mass is 10.3. The third-order valence-corrected chi connectivity index (χ3v) is 3.71. The minimum absolute atomic E-state index is 0.488. The summed E-state index contributed by atoms with van der Waals surface area (Å²) in [6.07, 6.45) is -0.622. The topological polar surface area (TPSA) is 47.3 Å². The first-order valence-electron chi connectivity index (χ1n) is 7.17. The average Bonchev–Trinajstić information content (AvgIpc) is 2.89. The van der Waals surface area contributed by atoms with Gasteiger partial charge in [-0.25, -0.2) is 4.98 Å². The van der Waals surface area contributed by atoms with Crippen LogP contribution in [-0.2, 0) is 6.54 Å². The molecule has 22 heavy (non-hydrogen) atoms. The highest BCUT2D eigenvalue weighted by molar-refractivity contribution is 6.30. The quantitative estimate of drug-likeness (QED) is 0.778. The SMILES string of the molecule is C[C@@H](O)c1nc2ccccc2n1CCOc1ccc(Cl)cc1. The number of aromatic nitrogens is 2. The fourth-order valence-electron chi connectivity index (χ4n) is 2.43. The van der Waals surface area contributed by atoms with Crippen LogP contribution < -0.4 is 4.74 Å². The summed E-state index contributed by atoms with van der Waals surface area (Å²) >= 11 is 5.85. The number of imidazole rings is 1. The van der Waals surface area contributed by atoms with Gasteiger partial charge in [0, 0.05) is 5.02 Å². The molecule has 114 valence electrons. The van der Waals surface area contributed by atoms with Gasteiger partial charge >= 0.3 is 0 Å². The number of nitrogens with zero attached hydrogens (tertiary/aromatic N) is 2. The molecule has 0 saturated carbocycles. The molecule has 0 unspecified atom stereocenters. The summed E-state index contributed by atoms with van der Waals surface area (Å²) < 4.78 is 7.73. The predicted molar refractivity (Wildman–Crippen MR) is 87.3 cm³/mol. The molecule has 0 spiro atoms. The van der Waals surface area contributed by atoms with Gasteiger partial charge < -0.3 is 14.4 Å². The Morgan fingerprint density at radius 2 is 1.91 bits per heavy atom. The van der Waals surface area contributed by atoms with Crippen molar-refractivity contribution in [2.24, 2.45) is 0 Å². The van der Waals surface area contributed by atoms with Crippen molar-refractivity contribution in [2.75, 3.05) is 6.61 Å². The van der Waals surface area contributed by atoms with Gasteiger partial charge in [0.2, 0.25) is 0 Å². The summed E-state index contributed by atoms with van der Waals surface area (Å²) in [7, 11) is 0. The number of aliphatic hydroxyl groups is 1. The van der Waals surface area contributed by atoms with E-state index in [1.165, 1.54) is 0 Å². The molecule has 1 atom stereocenters. The molecule has 3 aromatic rings. The predicted octanol–water partition coefficient (Wildman–Crippen LogP) is 3.82. The van der Waals surface area contributed by atoms with Gasteiger partial charge in [0.15, 0.2) is 0 Å². The van der Waals surface area contributed by atoms with E-state index < -0.39 is 6.10 Å². The van der Waals surface area contributed by atoms with Crippen LogP contribution in [-0.4, -0.2) is 21.3 Å². The monoisotopic (exact) mass is 316 g/mol. The number of hydrogen-bond acceptors (Lipinski definition) is 3. The summed E-state index contributed by atoms with van der Waals surface area (Å²) in [4.78, 5) is 4.49. The minimum atomic E-state index is -0.622. The Labute approximate surface area is 133 Å². The molecule has 3 rings (SSSR count). The maximum absolute atomic E-state index is 9.91. The Bertz CT molecular complexity index is 766. The number of halogens is 1. The van der Waals surface area contributed by atoms with E-state index in [1.807, 2.05) is 41.0 Å². The van der Waals surface area contributed by atoms with Gasteiger partial charge in [-0.1, -0.05) is 23.7 Å². The molecule has 0 bridgehead atoms. The molecule has 2 aromatic carbocycles. The second-order valence-corrected chi connectivity index (χ2v) is 5.53. The molecule has 0 radical (unpaired) electrons. The molecule has 1 heterocycles. The molecular formula is C17H17ClN2O2. The van der Waals surface area contributed by atoms with Crippen molar-refractivity contribution in [1.29, 1.82) is 0 Å². The van der Waals surface area contributed by atoms with E-state index in [2.05, 4.69) is 4.98 Å². The normalized spacial score (nSPS) is 12.5. The second-order valence-electron chi connectivity index (χ2n) is 5.09. The van der Waals surface area contributed by atoms with Crippen molar-refractivity contribution in [2.45, 2.75) is 19.6 Å². The third kappa shape index (κ3) is 3.08. The first-order chi connectivity index (χ1) is 10.6. The number of benzene rings is 2. The molecule has 4 nitrogen and oxygen atoms in total. The van der Waals surface area contributed by atoms with Gasteiger partial charge in [-0.05, 0) is 43.3 Å². The van der Waals surface area contributed by atoms with Crippen molar-refractivity contribution < 1.29 is 9.84 Å². The van der Waals surface area contributed by atoms with Crippen LogP contribution in [0.3, 0.4) is 0 Å². The van der Waals surface area contributed by atoms with Crippen molar-refractivity contribution in [3.05, 3.63) is 59.4 Å². The summed E-state index contributed by atoms with van der Waals surface area (Å²) in [6.45, 7) is 2.82. The van der Waals surface area contributed by atoms with Gasteiger partial charge in [0.25, 0.3) is 0 Å². The maximum Gasteiger partial charge on any atom is 0.138 e. The van der Waals surface area contributed by atoms with E-state index in [9.17, 15) is 5.11 Å².